The van der Waals surface area contributed by atoms with E-state index in [1.165, 1.54) is 5.56 Å². The fraction of sp³-hybridized carbons (Fsp3) is 0.125. The number of pyridine rings is 1. The van der Waals surface area contributed by atoms with Gasteiger partial charge >= 0.3 is 0 Å². The number of aromatic nitrogens is 2. The maximum absolute atomic E-state index is 12.7. The van der Waals surface area contributed by atoms with Crippen LogP contribution >= 0.6 is 11.6 Å². The number of fused-ring (bicyclic) bond motifs is 2. The summed E-state index contributed by atoms with van der Waals surface area (Å²) in [6.07, 6.45) is 4.37. The first-order valence-corrected chi connectivity index (χ1v) is 7.14. The highest BCUT2D eigenvalue weighted by Gasteiger charge is 2.26. The van der Waals surface area contributed by atoms with E-state index >= 15 is 0 Å². The highest BCUT2D eigenvalue weighted by atomic mass is 35.5. The third-order valence-corrected chi connectivity index (χ3v) is 3.99. The minimum atomic E-state index is -0.0697. The Labute approximate surface area is 126 Å². The van der Waals surface area contributed by atoms with Crippen molar-refractivity contribution >= 4 is 28.8 Å². The number of anilines is 1. The molecule has 0 spiro atoms. The fourth-order valence-corrected chi connectivity index (χ4v) is 2.92. The van der Waals surface area contributed by atoms with E-state index in [1.54, 1.807) is 33.8 Å². The van der Waals surface area contributed by atoms with Gasteiger partial charge in [0, 0.05) is 24.6 Å². The van der Waals surface area contributed by atoms with Crippen molar-refractivity contribution in [2.45, 2.75) is 6.42 Å². The van der Waals surface area contributed by atoms with Crippen molar-refractivity contribution in [3.8, 4) is 0 Å². The molecule has 4 nitrogen and oxygen atoms in total. The molecule has 21 heavy (non-hydrogen) atoms. The number of benzene rings is 1. The van der Waals surface area contributed by atoms with Gasteiger partial charge in [-0.1, -0.05) is 29.8 Å². The highest BCUT2D eigenvalue weighted by molar-refractivity contribution is 6.30. The van der Waals surface area contributed by atoms with Gasteiger partial charge in [-0.2, -0.15) is 0 Å². The SMILES string of the molecule is O=C(c1cn2cc(Cl)ccc2n1)N1CCc2ccccc21. The molecule has 5 heteroatoms. The molecule has 0 N–H and O–H groups in total. The number of carbonyl (C=O) groups is 1. The van der Waals surface area contributed by atoms with Crippen LogP contribution in [0.3, 0.4) is 0 Å². The third-order valence-electron chi connectivity index (χ3n) is 3.77. The summed E-state index contributed by atoms with van der Waals surface area (Å²) in [5.74, 6) is -0.0697. The number of carbonyl (C=O) groups excluding carboxylic acids is 1. The second-order valence-corrected chi connectivity index (χ2v) is 5.51. The molecule has 0 saturated carbocycles. The average Bonchev–Trinajstić information content (AvgIpc) is 3.09. The van der Waals surface area contributed by atoms with E-state index in [9.17, 15) is 4.79 Å². The number of halogens is 1. The smallest absolute Gasteiger partial charge is 0.278 e. The maximum atomic E-state index is 12.7. The van der Waals surface area contributed by atoms with Crippen molar-refractivity contribution in [2.24, 2.45) is 0 Å². The van der Waals surface area contributed by atoms with Gasteiger partial charge in [-0.25, -0.2) is 4.98 Å². The molecular formula is C16H12ClN3O. The molecule has 0 unspecified atom stereocenters. The topological polar surface area (TPSA) is 37.6 Å². The van der Waals surface area contributed by atoms with Gasteiger partial charge in [0.2, 0.25) is 0 Å². The molecule has 0 fully saturated rings. The number of hydrogen-bond donors (Lipinski definition) is 0. The molecule has 1 aliphatic rings. The zero-order valence-electron chi connectivity index (χ0n) is 11.2. The molecule has 3 heterocycles. The summed E-state index contributed by atoms with van der Waals surface area (Å²) >= 11 is 5.96. The van der Waals surface area contributed by atoms with Gasteiger partial charge in [-0.3, -0.25) is 4.79 Å². The summed E-state index contributed by atoms with van der Waals surface area (Å²) in [4.78, 5) is 18.9. The Bertz CT molecular complexity index is 856. The van der Waals surface area contributed by atoms with Crippen LogP contribution in [0.1, 0.15) is 16.1 Å². The van der Waals surface area contributed by atoms with Gasteiger partial charge in [0.25, 0.3) is 5.91 Å². The quantitative estimate of drug-likeness (QED) is 0.692. The van der Waals surface area contributed by atoms with Crippen molar-refractivity contribution < 1.29 is 4.79 Å². The van der Waals surface area contributed by atoms with Crippen LogP contribution in [0.25, 0.3) is 5.65 Å². The van der Waals surface area contributed by atoms with E-state index in [4.69, 9.17) is 11.6 Å². The summed E-state index contributed by atoms with van der Waals surface area (Å²) in [6.45, 7) is 0.701. The van der Waals surface area contributed by atoms with Crippen LogP contribution in [0.4, 0.5) is 5.69 Å². The largest absolute Gasteiger partial charge is 0.306 e. The molecule has 2 aromatic heterocycles. The molecule has 3 aromatic rings. The standard InChI is InChI=1S/C16H12ClN3O/c17-12-5-6-15-18-13(10-19(15)9-12)16(21)20-8-7-11-3-1-2-4-14(11)20/h1-6,9-10H,7-8H2. The minimum absolute atomic E-state index is 0.0697. The average molecular weight is 298 g/mol. The second-order valence-electron chi connectivity index (χ2n) is 5.07. The molecule has 104 valence electrons. The predicted molar refractivity (Wildman–Crippen MR) is 82.0 cm³/mol. The maximum Gasteiger partial charge on any atom is 0.278 e. The van der Waals surface area contributed by atoms with E-state index in [0.29, 0.717) is 17.3 Å². The summed E-state index contributed by atoms with van der Waals surface area (Å²) in [6, 6.07) is 11.6. The van der Waals surface area contributed by atoms with Crippen LogP contribution in [0.15, 0.2) is 48.8 Å². The van der Waals surface area contributed by atoms with Gasteiger partial charge in [0.05, 0.1) is 5.02 Å². The van der Waals surface area contributed by atoms with Crippen molar-refractivity contribution in [1.29, 1.82) is 0 Å². The Kier molecular flexibility index (Phi) is 2.72. The van der Waals surface area contributed by atoms with Crippen molar-refractivity contribution in [1.82, 2.24) is 9.38 Å². The van der Waals surface area contributed by atoms with Gasteiger partial charge < -0.3 is 9.30 Å². The lowest BCUT2D eigenvalue weighted by Gasteiger charge is -2.15. The minimum Gasteiger partial charge on any atom is -0.306 e. The predicted octanol–water partition coefficient (Wildman–Crippen LogP) is 3.19. The van der Waals surface area contributed by atoms with E-state index in [1.807, 2.05) is 18.2 Å². The summed E-state index contributed by atoms with van der Waals surface area (Å²) in [7, 11) is 0. The first-order chi connectivity index (χ1) is 10.2. The molecule has 4 rings (SSSR count). The number of imidazole rings is 1. The lowest BCUT2D eigenvalue weighted by molar-refractivity contribution is 0.0985. The summed E-state index contributed by atoms with van der Waals surface area (Å²) in [5, 5.41) is 0.616. The second kappa shape index (κ2) is 4.60. The number of hydrogen-bond acceptors (Lipinski definition) is 2. The number of amides is 1. The van der Waals surface area contributed by atoms with Gasteiger partial charge in [0.1, 0.15) is 11.3 Å². The van der Waals surface area contributed by atoms with Gasteiger partial charge in [-0.05, 0) is 30.2 Å². The van der Waals surface area contributed by atoms with Crippen molar-refractivity contribution in [2.75, 3.05) is 11.4 Å². The van der Waals surface area contributed by atoms with Crippen LogP contribution in [0.2, 0.25) is 5.02 Å². The molecule has 1 aromatic carbocycles. The first-order valence-electron chi connectivity index (χ1n) is 6.76. The summed E-state index contributed by atoms with van der Waals surface area (Å²) in [5.41, 5.74) is 3.35. The molecule has 0 atom stereocenters. The lowest BCUT2D eigenvalue weighted by atomic mass is 10.2. The Morgan fingerprint density at radius 2 is 2.00 bits per heavy atom. The zero-order chi connectivity index (χ0) is 14.4. The van der Waals surface area contributed by atoms with Crippen LogP contribution in [0.5, 0.6) is 0 Å². The van der Waals surface area contributed by atoms with Gasteiger partial charge in [0.15, 0.2) is 0 Å². The van der Waals surface area contributed by atoms with E-state index in [0.717, 1.165) is 17.8 Å². The molecule has 1 amide bonds. The van der Waals surface area contributed by atoms with Crippen LogP contribution < -0.4 is 4.90 Å². The van der Waals surface area contributed by atoms with Crippen LogP contribution in [-0.2, 0) is 6.42 Å². The van der Waals surface area contributed by atoms with E-state index in [-0.39, 0.29) is 5.91 Å². The molecule has 0 aliphatic carbocycles. The Morgan fingerprint density at radius 1 is 1.14 bits per heavy atom. The molecule has 0 radical (unpaired) electrons. The van der Waals surface area contributed by atoms with Gasteiger partial charge in [-0.15, -0.1) is 0 Å². The number of para-hydroxylation sites is 1. The number of nitrogens with zero attached hydrogens (tertiary/aromatic N) is 3. The zero-order valence-corrected chi connectivity index (χ0v) is 11.9. The van der Waals surface area contributed by atoms with Crippen molar-refractivity contribution in [3.63, 3.8) is 0 Å². The molecular weight excluding hydrogens is 286 g/mol. The van der Waals surface area contributed by atoms with Crippen LogP contribution in [-0.4, -0.2) is 21.8 Å². The van der Waals surface area contributed by atoms with Crippen molar-refractivity contribution in [3.05, 3.63) is 65.1 Å². The fourth-order valence-electron chi connectivity index (χ4n) is 2.76. The van der Waals surface area contributed by atoms with Crippen LogP contribution in [0, 0.1) is 0 Å². The molecule has 0 bridgehead atoms. The monoisotopic (exact) mass is 297 g/mol. The van der Waals surface area contributed by atoms with E-state index < -0.39 is 0 Å². The Balaban J connectivity index is 1.74. The third kappa shape index (κ3) is 1.99. The lowest BCUT2D eigenvalue weighted by Crippen LogP contribution is -2.29. The Hall–Kier alpha value is -2.33. The molecule has 0 saturated heterocycles. The Morgan fingerprint density at radius 3 is 2.90 bits per heavy atom. The number of rotatable bonds is 1. The molecule has 1 aliphatic heterocycles. The first kappa shape index (κ1) is 12.4. The van der Waals surface area contributed by atoms with E-state index in [2.05, 4.69) is 11.1 Å². The normalized spacial score (nSPS) is 13.7. The highest BCUT2D eigenvalue weighted by Crippen LogP contribution is 2.28. The summed E-state index contributed by atoms with van der Waals surface area (Å²) < 4.78 is 1.78.